The zero-order chi connectivity index (χ0) is 16.1. The molecule has 3 rings (SSSR count). The standard InChI is InChI=1S/C20H16ClNO/c21-19-12-6-15(7-13-19)14-22-20(23)18-10-8-17(9-11-18)16-4-2-1-3-5-16/h1-13H,14H2,(H,22,23). The van der Waals surface area contributed by atoms with Crippen molar-refractivity contribution in [3.05, 3.63) is 95.0 Å². The second-order valence-electron chi connectivity index (χ2n) is 5.25. The Bertz CT molecular complexity index is 780. The fourth-order valence-corrected chi connectivity index (χ4v) is 2.46. The Morgan fingerprint density at radius 1 is 0.783 bits per heavy atom. The molecule has 0 saturated heterocycles. The van der Waals surface area contributed by atoms with Crippen molar-refractivity contribution in [2.75, 3.05) is 0 Å². The van der Waals surface area contributed by atoms with E-state index in [2.05, 4.69) is 17.4 Å². The van der Waals surface area contributed by atoms with Crippen LogP contribution in [0.1, 0.15) is 15.9 Å². The lowest BCUT2D eigenvalue weighted by Gasteiger charge is -2.07. The highest BCUT2D eigenvalue weighted by atomic mass is 35.5. The lowest BCUT2D eigenvalue weighted by Crippen LogP contribution is -2.22. The quantitative estimate of drug-likeness (QED) is 0.724. The van der Waals surface area contributed by atoms with Gasteiger partial charge in [-0.05, 0) is 41.0 Å². The van der Waals surface area contributed by atoms with E-state index in [1.165, 1.54) is 0 Å². The Labute approximate surface area is 140 Å². The van der Waals surface area contributed by atoms with Gasteiger partial charge in [-0.15, -0.1) is 0 Å². The predicted octanol–water partition coefficient (Wildman–Crippen LogP) is 4.94. The minimum atomic E-state index is -0.0837. The monoisotopic (exact) mass is 321 g/mol. The van der Waals surface area contributed by atoms with Gasteiger partial charge in [-0.2, -0.15) is 0 Å². The second-order valence-corrected chi connectivity index (χ2v) is 5.69. The maximum atomic E-state index is 12.2. The summed E-state index contributed by atoms with van der Waals surface area (Å²) < 4.78 is 0. The summed E-state index contributed by atoms with van der Waals surface area (Å²) in [5.74, 6) is -0.0837. The van der Waals surface area contributed by atoms with Gasteiger partial charge in [-0.3, -0.25) is 4.79 Å². The Hall–Kier alpha value is -2.58. The van der Waals surface area contributed by atoms with Gasteiger partial charge in [-0.1, -0.05) is 66.2 Å². The molecule has 0 aliphatic rings. The van der Waals surface area contributed by atoms with Crippen molar-refractivity contribution in [1.82, 2.24) is 5.32 Å². The highest BCUT2D eigenvalue weighted by molar-refractivity contribution is 6.30. The van der Waals surface area contributed by atoms with E-state index < -0.39 is 0 Å². The topological polar surface area (TPSA) is 29.1 Å². The Kier molecular flexibility index (Phi) is 4.74. The number of hydrogen-bond acceptors (Lipinski definition) is 1. The third-order valence-electron chi connectivity index (χ3n) is 3.62. The van der Waals surface area contributed by atoms with Crippen LogP contribution in [0.3, 0.4) is 0 Å². The average molecular weight is 322 g/mol. The molecule has 0 fully saturated rings. The van der Waals surface area contributed by atoms with Gasteiger partial charge in [0.05, 0.1) is 0 Å². The Morgan fingerprint density at radius 2 is 1.39 bits per heavy atom. The second kappa shape index (κ2) is 7.12. The summed E-state index contributed by atoms with van der Waals surface area (Å²) in [6, 6.07) is 25.2. The number of halogens is 1. The van der Waals surface area contributed by atoms with Crippen LogP contribution in [0.5, 0.6) is 0 Å². The summed E-state index contributed by atoms with van der Waals surface area (Å²) in [6.07, 6.45) is 0. The maximum Gasteiger partial charge on any atom is 0.251 e. The third kappa shape index (κ3) is 3.99. The van der Waals surface area contributed by atoms with Gasteiger partial charge in [0.15, 0.2) is 0 Å². The molecule has 0 saturated carbocycles. The number of amides is 1. The first-order valence-electron chi connectivity index (χ1n) is 7.40. The zero-order valence-corrected chi connectivity index (χ0v) is 13.3. The van der Waals surface area contributed by atoms with Crippen molar-refractivity contribution in [1.29, 1.82) is 0 Å². The first kappa shape index (κ1) is 15.3. The largest absolute Gasteiger partial charge is 0.348 e. The fourth-order valence-electron chi connectivity index (χ4n) is 2.33. The number of carbonyl (C=O) groups is 1. The van der Waals surface area contributed by atoms with Gasteiger partial charge < -0.3 is 5.32 Å². The van der Waals surface area contributed by atoms with Crippen LogP contribution in [-0.4, -0.2) is 5.91 Å². The molecule has 0 aliphatic carbocycles. The van der Waals surface area contributed by atoms with Gasteiger partial charge in [0, 0.05) is 17.1 Å². The smallest absolute Gasteiger partial charge is 0.251 e. The summed E-state index contributed by atoms with van der Waals surface area (Å²) in [5, 5.41) is 3.60. The Balaban J connectivity index is 1.65. The van der Waals surface area contributed by atoms with Crippen molar-refractivity contribution in [2.24, 2.45) is 0 Å². The van der Waals surface area contributed by atoms with E-state index in [1.54, 1.807) is 0 Å². The van der Waals surface area contributed by atoms with E-state index in [9.17, 15) is 4.79 Å². The Morgan fingerprint density at radius 3 is 2.04 bits per heavy atom. The van der Waals surface area contributed by atoms with Gasteiger partial charge >= 0.3 is 0 Å². The van der Waals surface area contributed by atoms with E-state index >= 15 is 0 Å². The van der Waals surface area contributed by atoms with Crippen molar-refractivity contribution in [3.63, 3.8) is 0 Å². The predicted molar refractivity (Wildman–Crippen MR) is 94.5 cm³/mol. The first-order valence-corrected chi connectivity index (χ1v) is 7.78. The van der Waals surface area contributed by atoms with Gasteiger partial charge in [0.25, 0.3) is 5.91 Å². The van der Waals surface area contributed by atoms with Crippen LogP contribution in [-0.2, 0) is 6.54 Å². The molecule has 114 valence electrons. The highest BCUT2D eigenvalue weighted by Gasteiger charge is 2.06. The van der Waals surface area contributed by atoms with Crippen molar-refractivity contribution >= 4 is 17.5 Å². The van der Waals surface area contributed by atoms with E-state index in [1.807, 2.05) is 66.7 Å². The summed E-state index contributed by atoms with van der Waals surface area (Å²) in [5.41, 5.74) is 3.91. The molecule has 0 unspecified atom stereocenters. The summed E-state index contributed by atoms with van der Waals surface area (Å²) in [6.45, 7) is 0.483. The van der Waals surface area contributed by atoms with Gasteiger partial charge in [0.2, 0.25) is 0 Å². The molecule has 0 aliphatic heterocycles. The molecular weight excluding hydrogens is 306 g/mol. The van der Waals surface area contributed by atoms with Crippen LogP contribution in [0.4, 0.5) is 0 Å². The summed E-state index contributed by atoms with van der Waals surface area (Å²) >= 11 is 5.85. The third-order valence-corrected chi connectivity index (χ3v) is 3.87. The number of benzene rings is 3. The molecule has 0 heterocycles. The van der Waals surface area contributed by atoms with Crippen LogP contribution < -0.4 is 5.32 Å². The van der Waals surface area contributed by atoms with Crippen LogP contribution in [0.25, 0.3) is 11.1 Å². The number of nitrogens with one attached hydrogen (secondary N) is 1. The first-order chi connectivity index (χ1) is 11.2. The average Bonchev–Trinajstić information content (AvgIpc) is 2.62. The number of hydrogen-bond donors (Lipinski definition) is 1. The molecule has 0 spiro atoms. The van der Waals surface area contributed by atoms with Crippen LogP contribution in [0.2, 0.25) is 5.02 Å². The fraction of sp³-hybridized carbons (Fsp3) is 0.0500. The molecule has 0 bridgehead atoms. The molecule has 2 nitrogen and oxygen atoms in total. The maximum absolute atomic E-state index is 12.2. The summed E-state index contributed by atoms with van der Waals surface area (Å²) in [7, 11) is 0. The molecular formula is C20H16ClNO. The van der Waals surface area contributed by atoms with Gasteiger partial charge in [0.1, 0.15) is 0 Å². The van der Waals surface area contributed by atoms with Crippen molar-refractivity contribution in [2.45, 2.75) is 6.54 Å². The van der Waals surface area contributed by atoms with Crippen molar-refractivity contribution in [3.8, 4) is 11.1 Å². The summed E-state index contributed by atoms with van der Waals surface area (Å²) in [4.78, 5) is 12.2. The van der Waals surface area contributed by atoms with Crippen molar-refractivity contribution < 1.29 is 4.79 Å². The molecule has 0 atom stereocenters. The molecule has 1 amide bonds. The van der Waals surface area contributed by atoms with E-state index in [-0.39, 0.29) is 5.91 Å². The molecule has 0 aromatic heterocycles. The molecule has 0 radical (unpaired) electrons. The molecule has 23 heavy (non-hydrogen) atoms. The number of rotatable bonds is 4. The zero-order valence-electron chi connectivity index (χ0n) is 12.5. The van der Waals surface area contributed by atoms with Crippen LogP contribution in [0.15, 0.2) is 78.9 Å². The van der Waals surface area contributed by atoms with Crippen LogP contribution >= 0.6 is 11.6 Å². The van der Waals surface area contributed by atoms with E-state index in [0.29, 0.717) is 17.1 Å². The van der Waals surface area contributed by atoms with E-state index in [4.69, 9.17) is 11.6 Å². The lowest BCUT2D eigenvalue weighted by atomic mass is 10.0. The highest BCUT2D eigenvalue weighted by Crippen LogP contribution is 2.19. The van der Waals surface area contributed by atoms with Crippen LogP contribution in [0, 0.1) is 0 Å². The number of carbonyl (C=O) groups excluding carboxylic acids is 1. The lowest BCUT2D eigenvalue weighted by molar-refractivity contribution is 0.0951. The molecule has 3 aromatic rings. The molecule has 3 heteroatoms. The minimum Gasteiger partial charge on any atom is -0.348 e. The molecule has 3 aromatic carbocycles. The normalized spacial score (nSPS) is 10.3. The minimum absolute atomic E-state index is 0.0837. The molecule has 1 N–H and O–H groups in total. The van der Waals surface area contributed by atoms with E-state index in [0.717, 1.165) is 16.7 Å². The van der Waals surface area contributed by atoms with Gasteiger partial charge in [-0.25, -0.2) is 0 Å². The SMILES string of the molecule is O=C(NCc1ccc(Cl)cc1)c1ccc(-c2ccccc2)cc1.